The van der Waals surface area contributed by atoms with Crippen LogP contribution in [0, 0.1) is 11.8 Å². The molecule has 0 aliphatic heterocycles. The van der Waals surface area contributed by atoms with Crippen LogP contribution in [0.5, 0.6) is 0 Å². The largest absolute Gasteiger partial charge is 0.215 e. The number of sulfonamides is 1. The summed E-state index contributed by atoms with van der Waals surface area (Å²) in [5.74, 6) is 1.15. The molecule has 1 aliphatic carbocycles. The van der Waals surface area contributed by atoms with Crippen LogP contribution in [0.4, 0.5) is 0 Å². The van der Waals surface area contributed by atoms with Crippen molar-refractivity contribution < 1.29 is 8.42 Å². The van der Waals surface area contributed by atoms with Crippen LogP contribution in [0.2, 0.25) is 0 Å². The molecule has 0 aromatic rings. The second-order valence-electron chi connectivity index (χ2n) is 4.55. The van der Waals surface area contributed by atoms with Gasteiger partial charge in [0, 0.05) is 11.9 Å². The smallest absolute Gasteiger partial charge is 0.213 e. The van der Waals surface area contributed by atoms with Crippen LogP contribution in [-0.2, 0) is 10.0 Å². The van der Waals surface area contributed by atoms with Gasteiger partial charge in [-0.3, -0.25) is 0 Å². The molecule has 5 heteroatoms. The minimum atomic E-state index is -3.08. The molecule has 1 saturated carbocycles. The third-order valence-corrected chi connectivity index (χ3v) is 5.82. The predicted molar refractivity (Wildman–Crippen MR) is 66.7 cm³/mol. The molecule has 90 valence electrons. The van der Waals surface area contributed by atoms with Crippen LogP contribution in [0.25, 0.3) is 0 Å². The lowest BCUT2D eigenvalue weighted by Gasteiger charge is -2.18. The Kier molecular flexibility index (Phi) is 5.06. The quantitative estimate of drug-likeness (QED) is 0.790. The summed E-state index contributed by atoms with van der Waals surface area (Å²) >= 11 is 3.49. The zero-order valence-corrected chi connectivity index (χ0v) is 11.8. The second-order valence-corrected chi connectivity index (χ2v) is 7.52. The highest BCUT2D eigenvalue weighted by Gasteiger charge is 2.27. The number of alkyl halides is 1. The van der Waals surface area contributed by atoms with Crippen LogP contribution in [0.1, 0.15) is 33.1 Å². The minimum absolute atomic E-state index is 0.332. The van der Waals surface area contributed by atoms with E-state index in [0.29, 0.717) is 18.4 Å². The molecule has 1 aliphatic rings. The summed E-state index contributed by atoms with van der Waals surface area (Å²) in [5.41, 5.74) is 0. The molecule has 1 rings (SSSR count). The van der Waals surface area contributed by atoms with Gasteiger partial charge in [-0.1, -0.05) is 22.4 Å². The van der Waals surface area contributed by atoms with Gasteiger partial charge in [0.15, 0.2) is 0 Å². The lowest BCUT2D eigenvalue weighted by atomic mass is 9.99. The van der Waals surface area contributed by atoms with E-state index in [4.69, 9.17) is 0 Å². The van der Waals surface area contributed by atoms with Gasteiger partial charge >= 0.3 is 0 Å². The van der Waals surface area contributed by atoms with E-state index < -0.39 is 10.0 Å². The molecule has 2 unspecified atom stereocenters. The number of hydrogen-bond donors (Lipinski definition) is 1. The average Bonchev–Trinajstić information content (AvgIpc) is 2.61. The van der Waals surface area contributed by atoms with Crippen molar-refractivity contribution in [3.05, 3.63) is 0 Å². The van der Waals surface area contributed by atoms with E-state index in [9.17, 15) is 8.42 Å². The molecule has 0 spiro atoms. The van der Waals surface area contributed by atoms with E-state index >= 15 is 0 Å². The molecule has 0 amide bonds. The van der Waals surface area contributed by atoms with Gasteiger partial charge in [0.2, 0.25) is 10.0 Å². The molecular formula is C10H20BrNO2S. The number of nitrogens with one attached hydrogen (secondary N) is 1. The maximum Gasteiger partial charge on any atom is 0.213 e. The second kappa shape index (κ2) is 5.64. The third kappa shape index (κ3) is 3.71. The van der Waals surface area contributed by atoms with Crippen molar-refractivity contribution >= 4 is 26.0 Å². The van der Waals surface area contributed by atoms with Crippen molar-refractivity contribution in [2.24, 2.45) is 11.8 Å². The molecule has 1 N–H and O–H groups in total. The standard InChI is InChI=1S/C10H20BrNO2S/c1-8(2)15(13,14)12-7-10-5-3-4-9(10)6-11/h8-10,12H,3-7H2,1-2H3. The highest BCUT2D eigenvalue weighted by atomic mass is 79.9. The van der Waals surface area contributed by atoms with Gasteiger partial charge in [-0.15, -0.1) is 0 Å². The summed E-state index contributed by atoms with van der Waals surface area (Å²) in [6, 6.07) is 0. The summed E-state index contributed by atoms with van der Waals surface area (Å²) in [6.45, 7) is 4.02. The Labute approximate surface area is 101 Å². The zero-order chi connectivity index (χ0) is 11.5. The highest BCUT2D eigenvalue weighted by Crippen LogP contribution is 2.32. The molecule has 15 heavy (non-hydrogen) atoms. The molecule has 0 bridgehead atoms. The molecule has 1 fully saturated rings. The van der Waals surface area contributed by atoms with Crippen LogP contribution >= 0.6 is 15.9 Å². The van der Waals surface area contributed by atoms with Gasteiger partial charge in [0.1, 0.15) is 0 Å². The SMILES string of the molecule is CC(C)S(=O)(=O)NCC1CCCC1CBr. The van der Waals surface area contributed by atoms with E-state index in [1.165, 1.54) is 12.8 Å². The minimum Gasteiger partial charge on any atom is -0.215 e. The van der Waals surface area contributed by atoms with E-state index in [2.05, 4.69) is 20.7 Å². The Morgan fingerprint density at radius 2 is 1.93 bits per heavy atom. The Morgan fingerprint density at radius 3 is 2.47 bits per heavy atom. The van der Waals surface area contributed by atoms with Gasteiger partial charge < -0.3 is 0 Å². The number of hydrogen-bond acceptors (Lipinski definition) is 2. The average molecular weight is 298 g/mol. The van der Waals surface area contributed by atoms with Crippen molar-refractivity contribution in [1.29, 1.82) is 0 Å². The lowest BCUT2D eigenvalue weighted by Crippen LogP contribution is -2.35. The van der Waals surface area contributed by atoms with Crippen molar-refractivity contribution in [2.45, 2.75) is 38.4 Å². The normalized spacial score (nSPS) is 27.5. The Hall–Kier alpha value is 0.390. The van der Waals surface area contributed by atoms with Gasteiger partial charge in [0.05, 0.1) is 5.25 Å². The fourth-order valence-electron chi connectivity index (χ4n) is 1.98. The van der Waals surface area contributed by atoms with Crippen LogP contribution < -0.4 is 4.72 Å². The Balaban J connectivity index is 2.43. The molecule has 0 aromatic heterocycles. The van der Waals surface area contributed by atoms with E-state index in [0.717, 1.165) is 11.8 Å². The number of rotatable bonds is 5. The topological polar surface area (TPSA) is 46.2 Å². The molecule has 2 atom stereocenters. The summed E-state index contributed by atoms with van der Waals surface area (Å²) in [6.07, 6.45) is 3.60. The van der Waals surface area contributed by atoms with Crippen molar-refractivity contribution in [3.63, 3.8) is 0 Å². The Morgan fingerprint density at radius 1 is 1.33 bits per heavy atom. The molecule has 0 radical (unpaired) electrons. The summed E-state index contributed by atoms with van der Waals surface area (Å²) in [4.78, 5) is 0. The van der Waals surface area contributed by atoms with Crippen molar-refractivity contribution in [2.75, 3.05) is 11.9 Å². The third-order valence-electron chi connectivity index (χ3n) is 3.18. The van der Waals surface area contributed by atoms with Crippen LogP contribution in [0.3, 0.4) is 0 Å². The fraction of sp³-hybridized carbons (Fsp3) is 1.00. The molecular weight excluding hydrogens is 278 g/mol. The molecule has 0 heterocycles. The fourth-order valence-corrected chi connectivity index (χ4v) is 3.61. The van der Waals surface area contributed by atoms with Gasteiger partial charge in [0.25, 0.3) is 0 Å². The maximum atomic E-state index is 11.6. The van der Waals surface area contributed by atoms with E-state index in [1.807, 2.05) is 0 Å². The molecule has 3 nitrogen and oxygen atoms in total. The first-order valence-electron chi connectivity index (χ1n) is 5.52. The first-order chi connectivity index (χ1) is 6.97. The molecule has 0 saturated heterocycles. The first kappa shape index (κ1) is 13.5. The summed E-state index contributed by atoms with van der Waals surface area (Å²) in [7, 11) is -3.08. The molecule has 0 aromatic carbocycles. The summed E-state index contributed by atoms with van der Waals surface area (Å²) < 4.78 is 25.8. The van der Waals surface area contributed by atoms with Gasteiger partial charge in [-0.05, 0) is 38.5 Å². The monoisotopic (exact) mass is 297 g/mol. The van der Waals surface area contributed by atoms with Crippen LogP contribution in [-0.4, -0.2) is 25.5 Å². The summed E-state index contributed by atoms with van der Waals surface area (Å²) in [5, 5.41) is 0.655. The maximum absolute atomic E-state index is 11.6. The highest BCUT2D eigenvalue weighted by molar-refractivity contribution is 9.09. The van der Waals surface area contributed by atoms with E-state index in [1.54, 1.807) is 13.8 Å². The first-order valence-corrected chi connectivity index (χ1v) is 8.18. The lowest BCUT2D eigenvalue weighted by molar-refractivity contribution is 0.421. The Bertz CT molecular complexity index is 290. The zero-order valence-electron chi connectivity index (χ0n) is 9.37. The predicted octanol–water partition coefficient (Wildman–Crippen LogP) is 2.13. The van der Waals surface area contributed by atoms with E-state index in [-0.39, 0.29) is 5.25 Å². The van der Waals surface area contributed by atoms with Crippen molar-refractivity contribution in [1.82, 2.24) is 4.72 Å². The van der Waals surface area contributed by atoms with Crippen LogP contribution in [0.15, 0.2) is 0 Å². The van der Waals surface area contributed by atoms with Crippen molar-refractivity contribution in [3.8, 4) is 0 Å². The number of halogens is 1. The van der Waals surface area contributed by atoms with Gasteiger partial charge in [-0.25, -0.2) is 13.1 Å². The van der Waals surface area contributed by atoms with Gasteiger partial charge in [-0.2, -0.15) is 0 Å².